The summed E-state index contributed by atoms with van der Waals surface area (Å²) < 4.78 is 1.65. The van der Waals surface area contributed by atoms with Crippen molar-refractivity contribution in [3.05, 3.63) is 16.3 Å². The van der Waals surface area contributed by atoms with Gasteiger partial charge in [-0.3, -0.25) is 0 Å². The summed E-state index contributed by atoms with van der Waals surface area (Å²) in [5.74, 6) is 6.18. The SMILES string of the molecule is Cc1nn(C(=O)NC2CCCCC2C)c(=O)n1N. The lowest BCUT2D eigenvalue weighted by molar-refractivity contribution is 0.219. The largest absolute Gasteiger partial charge is 0.373 e. The Hall–Kier alpha value is -1.79. The number of hydrogen-bond acceptors (Lipinski definition) is 4. The monoisotopic (exact) mass is 253 g/mol. The van der Waals surface area contributed by atoms with E-state index in [2.05, 4.69) is 17.3 Å². The zero-order valence-electron chi connectivity index (χ0n) is 10.7. The average Bonchev–Trinajstić information content (AvgIpc) is 2.60. The molecule has 0 spiro atoms. The van der Waals surface area contributed by atoms with Gasteiger partial charge >= 0.3 is 11.7 Å². The van der Waals surface area contributed by atoms with Crippen LogP contribution in [0.1, 0.15) is 38.4 Å². The Morgan fingerprint density at radius 1 is 1.44 bits per heavy atom. The summed E-state index contributed by atoms with van der Waals surface area (Å²) in [5, 5.41) is 6.69. The van der Waals surface area contributed by atoms with Gasteiger partial charge in [0.1, 0.15) is 0 Å². The van der Waals surface area contributed by atoms with Crippen molar-refractivity contribution in [2.24, 2.45) is 5.92 Å². The first-order chi connectivity index (χ1) is 8.50. The normalized spacial score (nSPS) is 23.9. The third kappa shape index (κ3) is 2.25. The lowest BCUT2D eigenvalue weighted by Crippen LogP contribution is -2.46. The van der Waals surface area contributed by atoms with Crippen molar-refractivity contribution >= 4 is 6.03 Å². The minimum atomic E-state index is -0.617. The number of rotatable bonds is 1. The predicted molar refractivity (Wildman–Crippen MR) is 66.7 cm³/mol. The highest BCUT2D eigenvalue weighted by molar-refractivity contribution is 5.75. The van der Waals surface area contributed by atoms with Crippen LogP contribution in [0.5, 0.6) is 0 Å². The van der Waals surface area contributed by atoms with E-state index in [1.165, 1.54) is 6.42 Å². The van der Waals surface area contributed by atoms with Crippen molar-refractivity contribution in [2.45, 2.75) is 45.6 Å². The molecule has 1 heterocycles. The summed E-state index contributed by atoms with van der Waals surface area (Å²) in [7, 11) is 0. The molecule has 7 heteroatoms. The van der Waals surface area contributed by atoms with E-state index in [4.69, 9.17) is 5.84 Å². The van der Waals surface area contributed by atoms with Crippen LogP contribution in [0, 0.1) is 12.8 Å². The Kier molecular flexibility index (Phi) is 3.40. The molecule has 1 saturated carbocycles. The number of nitrogen functional groups attached to an aromatic ring is 1. The number of aryl methyl sites for hydroxylation is 1. The number of nitrogens with one attached hydrogen (secondary N) is 1. The van der Waals surface area contributed by atoms with Crippen molar-refractivity contribution < 1.29 is 4.79 Å². The third-order valence-corrected chi connectivity index (χ3v) is 3.59. The molecule has 0 aliphatic heterocycles. The molecule has 1 aromatic rings. The van der Waals surface area contributed by atoms with Crippen LogP contribution in [-0.4, -0.2) is 26.5 Å². The van der Waals surface area contributed by atoms with Crippen molar-refractivity contribution in [1.82, 2.24) is 19.8 Å². The molecule has 0 aromatic carbocycles. The Morgan fingerprint density at radius 2 is 2.11 bits per heavy atom. The molecule has 7 nitrogen and oxygen atoms in total. The van der Waals surface area contributed by atoms with Crippen LogP contribution in [0.3, 0.4) is 0 Å². The van der Waals surface area contributed by atoms with Crippen LogP contribution in [-0.2, 0) is 0 Å². The number of hydrogen-bond donors (Lipinski definition) is 2. The minimum absolute atomic E-state index is 0.112. The van der Waals surface area contributed by atoms with E-state index in [0.29, 0.717) is 11.7 Å². The Bertz CT molecular complexity index is 504. The average molecular weight is 253 g/mol. The van der Waals surface area contributed by atoms with Gasteiger partial charge in [0.2, 0.25) is 0 Å². The molecule has 1 fully saturated rings. The smallest absolute Gasteiger partial charge is 0.333 e. The summed E-state index contributed by atoms with van der Waals surface area (Å²) in [6.45, 7) is 3.69. The van der Waals surface area contributed by atoms with E-state index in [9.17, 15) is 9.59 Å². The molecule has 2 rings (SSSR count). The van der Waals surface area contributed by atoms with Crippen molar-refractivity contribution in [3.63, 3.8) is 0 Å². The van der Waals surface area contributed by atoms with E-state index >= 15 is 0 Å². The van der Waals surface area contributed by atoms with Gasteiger partial charge in [0.05, 0.1) is 0 Å². The Balaban J connectivity index is 2.12. The van der Waals surface area contributed by atoms with E-state index in [1.54, 1.807) is 6.92 Å². The molecule has 2 unspecified atom stereocenters. The molecule has 3 N–H and O–H groups in total. The van der Waals surface area contributed by atoms with Crippen molar-refractivity contribution in [2.75, 3.05) is 5.84 Å². The fourth-order valence-corrected chi connectivity index (χ4v) is 2.36. The number of carbonyl (C=O) groups is 1. The van der Waals surface area contributed by atoms with Crippen LogP contribution >= 0.6 is 0 Å². The number of nitrogens with zero attached hydrogens (tertiary/aromatic N) is 3. The van der Waals surface area contributed by atoms with Crippen molar-refractivity contribution in [1.29, 1.82) is 0 Å². The molecule has 18 heavy (non-hydrogen) atoms. The highest BCUT2D eigenvalue weighted by atomic mass is 16.2. The van der Waals surface area contributed by atoms with Crippen LogP contribution in [0.2, 0.25) is 0 Å². The van der Waals surface area contributed by atoms with Gasteiger partial charge in [-0.15, -0.1) is 9.78 Å². The maximum Gasteiger partial charge on any atom is 0.373 e. The number of amides is 1. The topological polar surface area (TPSA) is 94.9 Å². The molecule has 2 atom stereocenters. The molecular weight excluding hydrogens is 234 g/mol. The fourth-order valence-electron chi connectivity index (χ4n) is 2.36. The van der Waals surface area contributed by atoms with E-state index in [0.717, 1.165) is 28.6 Å². The van der Waals surface area contributed by atoms with E-state index < -0.39 is 11.7 Å². The zero-order chi connectivity index (χ0) is 13.3. The first-order valence-electron chi connectivity index (χ1n) is 6.25. The quantitative estimate of drug-likeness (QED) is 0.699. The lowest BCUT2D eigenvalue weighted by Gasteiger charge is -2.29. The molecule has 1 aliphatic carbocycles. The Labute approximate surface area is 105 Å². The van der Waals surface area contributed by atoms with Crippen LogP contribution < -0.4 is 16.8 Å². The molecule has 0 radical (unpaired) electrons. The van der Waals surface area contributed by atoms with Gasteiger partial charge in [-0.1, -0.05) is 19.8 Å². The first-order valence-corrected chi connectivity index (χ1v) is 6.25. The minimum Gasteiger partial charge on any atom is -0.333 e. The number of aromatic nitrogens is 3. The first kappa shape index (κ1) is 12.7. The summed E-state index contributed by atoms with van der Waals surface area (Å²) in [6.07, 6.45) is 4.35. The van der Waals surface area contributed by atoms with Gasteiger partial charge in [-0.05, 0) is 25.7 Å². The van der Waals surface area contributed by atoms with Gasteiger partial charge in [0, 0.05) is 6.04 Å². The summed E-state index contributed by atoms with van der Waals surface area (Å²) in [4.78, 5) is 23.6. The van der Waals surface area contributed by atoms with Crippen LogP contribution in [0.15, 0.2) is 4.79 Å². The number of nitrogens with two attached hydrogens (primary N) is 1. The van der Waals surface area contributed by atoms with Gasteiger partial charge in [0.25, 0.3) is 0 Å². The highest BCUT2D eigenvalue weighted by Gasteiger charge is 2.24. The summed E-state index contributed by atoms with van der Waals surface area (Å²) >= 11 is 0. The number of carbonyl (C=O) groups excluding carboxylic acids is 1. The standard InChI is InChI=1S/C11H19N5O2/c1-7-5-3-4-6-9(7)13-10(17)16-11(18)15(12)8(2)14-16/h7,9H,3-6,12H2,1-2H3,(H,13,17). The summed E-state index contributed by atoms with van der Waals surface area (Å²) in [5.41, 5.74) is -0.617. The van der Waals surface area contributed by atoms with E-state index in [-0.39, 0.29) is 6.04 Å². The second kappa shape index (κ2) is 4.83. The van der Waals surface area contributed by atoms with Crippen LogP contribution in [0.25, 0.3) is 0 Å². The molecular formula is C11H19N5O2. The molecule has 1 aliphatic rings. The van der Waals surface area contributed by atoms with Crippen LogP contribution in [0.4, 0.5) is 4.79 Å². The molecule has 0 saturated heterocycles. The summed E-state index contributed by atoms with van der Waals surface area (Å²) in [6, 6.07) is -0.382. The van der Waals surface area contributed by atoms with Gasteiger partial charge < -0.3 is 11.2 Å². The maximum atomic E-state index is 12.0. The predicted octanol–water partition coefficient (Wildman–Crippen LogP) is 0.203. The molecule has 100 valence electrons. The fraction of sp³-hybridized carbons (Fsp3) is 0.727. The second-order valence-electron chi connectivity index (χ2n) is 4.93. The third-order valence-electron chi connectivity index (χ3n) is 3.59. The molecule has 1 amide bonds. The Morgan fingerprint density at radius 3 is 2.67 bits per heavy atom. The van der Waals surface area contributed by atoms with E-state index in [1.807, 2.05) is 0 Å². The van der Waals surface area contributed by atoms with Gasteiger partial charge in [-0.25, -0.2) is 9.59 Å². The zero-order valence-corrected chi connectivity index (χ0v) is 10.7. The highest BCUT2D eigenvalue weighted by Crippen LogP contribution is 2.23. The van der Waals surface area contributed by atoms with Gasteiger partial charge in [-0.2, -0.15) is 4.68 Å². The maximum absolute atomic E-state index is 12.0. The second-order valence-corrected chi connectivity index (χ2v) is 4.93. The van der Waals surface area contributed by atoms with Gasteiger partial charge in [0.15, 0.2) is 5.82 Å². The lowest BCUT2D eigenvalue weighted by atomic mass is 9.86. The molecule has 1 aromatic heterocycles. The molecule has 0 bridgehead atoms. The van der Waals surface area contributed by atoms with Crippen molar-refractivity contribution in [3.8, 4) is 0 Å².